The van der Waals surface area contributed by atoms with Crippen molar-refractivity contribution in [1.29, 1.82) is 0 Å². The maximum atomic E-state index is 13.2. The topological polar surface area (TPSA) is 72.5 Å². The maximum absolute atomic E-state index is 13.2. The van der Waals surface area contributed by atoms with Crippen molar-refractivity contribution >= 4 is 11.7 Å². The molecule has 0 spiro atoms. The molecule has 0 heterocycles. The minimum absolute atomic E-state index is 0.0166. The lowest BCUT2D eigenvalue weighted by molar-refractivity contribution is 0.0696. The maximum Gasteiger partial charge on any atom is 0.335 e. The van der Waals surface area contributed by atoms with E-state index in [-0.39, 0.29) is 11.3 Å². The van der Waals surface area contributed by atoms with Crippen LogP contribution in [-0.2, 0) is 11.2 Å². The Balaban J connectivity index is 3.07. The normalized spacial score (nSPS) is 10.3. The van der Waals surface area contributed by atoms with E-state index in [1.165, 1.54) is 13.2 Å². The summed E-state index contributed by atoms with van der Waals surface area (Å²) in [6.07, 6.45) is 0.389. The summed E-state index contributed by atoms with van der Waals surface area (Å²) in [5, 5.41) is 8.71. The molecule has 1 aromatic carbocycles. The molecular weight excluding hydrogens is 201 g/mol. The van der Waals surface area contributed by atoms with Crippen LogP contribution in [0.1, 0.15) is 15.9 Å². The minimum Gasteiger partial charge on any atom is -0.478 e. The van der Waals surface area contributed by atoms with E-state index in [1.54, 1.807) is 0 Å². The standard InChI is InChI=1S/C10H12FNO3/c1-15-3-2-6-4-7(10(13)14)5-8(11)9(6)12/h4-5H,2-3,12H2,1H3,(H,13,14). The number of nitrogens with two attached hydrogens (primary N) is 1. The van der Waals surface area contributed by atoms with Crippen LogP contribution in [0.2, 0.25) is 0 Å². The molecule has 15 heavy (non-hydrogen) atoms. The van der Waals surface area contributed by atoms with E-state index in [0.717, 1.165) is 6.07 Å². The second-order valence-electron chi connectivity index (χ2n) is 3.08. The lowest BCUT2D eigenvalue weighted by Crippen LogP contribution is -2.06. The molecule has 3 N–H and O–H groups in total. The summed E-state index contributed by atoms with van der Waals surface area (Å²) >= 11 is 0. The van der Waals surface area contributed by atoms with Gasteiger partial charge in [0.2, 0.25) is 0 Å². The summed E-state index contributed by atoms with van der Waals surface area (Å²) in [7, 11) is 1.51. The van der Waals surface area contributed by atoms with Crippen molar-refractivity contribution < 1.29 is 19.0 Å². The second-order valence-corrected chi connectivity index (χ2v) is 3.08. The van der Waals surface area contributed by atoms with Gasteiger partial charge in [-0.2, -0.15) is 0 Å². The van der Waals surface area contributed by atoms with E-state index >= 15 is 0 Å². The molecule has 0 unspecified atom stereocenters. The van der Waals surface area contributed by atoms with Gasteiger partial charge in [-0.25, -0.2) is 9.18 Å². The number of hydrogen-bond donors (Lipinski definition) is 2. The SMILES string of the molecule is COCCc1cc(C(=O)O)cc(F)c1N. The highest BCUT2D eigenvalue weighted by atomic mass is 19.1. The Bertz CT molecular complexity index is 379. The number of halogens is 1. The predicted molar refractivity (Wildman–Crippen MR) is 53.4 cm³/mol. The van der Waals surface area contributed by atoms with Gasteiger partial charge in [0.15, 0.2) is 0 Å². The molecule has 0 aliphatic carbocycles. The highest BCUT2D eigenvalue weighted by Gasteiger charge is 2.11. The van der Waals surface area contributed by atoms with Crippen molar-refractivity contribution in [3.63, 3.8) is 0 Å². The average molecular weight is 213 g/mol. The fourth-order valence-corrected chi connectivity index (χ4v) is 1.22. The third-order valence-electron chi connectivity index (χ3n) is 2.04. The van der Waals surface area contributed by atoms with Crippen molar-refractivity contribution in [2.24, 2.45) is 0 Å². The van der Waals surface area contributed by atoms with Crippen LogP contribution >= 0.6 is 0 Å². The van der Waals surface area contributed by atoms with Crippen LogP contribution in [0.5, 0.6) is 0 Å². The zero-order chi connectivity index (χ0) is 11.4. The number of carboxylic acid groups (broad SMARTS) is 1. The smallest absolute Gasteiger partial charge is 0.335 e. The van der Waals surface area contributed by atoms with Gasteiger partial charge < -0.3 is 15.6 Å². The van der Waals surface area contributed by atoms with Gasteiger partial charge >= 0.3 is 5.97 Å². The van der Waals surface area contributed by atoms with Crippen molar-refractivity contribution in [2.45, 2.75) is 6.42 Å². The molecule has 0 aliphatic rings. The number of carboxylic acids is 1. The first-order valence-electron chi connectivity index (χ1n) is 4.36. The number of benzene rings is 1. The van der Waals surface area contributed by atoms with E-state index in [9.17, 15) is 9.18 Å². The molecule has 4 nitrogen and oxygen atoms in total. The molecule has 0 saturated heterocycles. The fraction of sp³-hybridized carbons (Fsp3) is 0.300. The van der Waals surface area contributed by atoms with Crippen LogP contribution in [-0.4, -0.2) is 24.8 Å². The monoisotopic (exact) mass is 213 g/mol. The van der Waals surface area contributed by atoms with E-state index in [2.05, 4.69) is 0 Å². The number of rotatable bonds is 4. The molecule has 0 bridgehead atoms. The van der Waals surface area contributed by atoms with Crippen LogP contribution in [0.25, 0.3) is 0 Å². The number of aromatic carboxylic acids is 1. The van der Waals surface area contributed by atoms with Gasteiger partial charge in [0.1, 0.15) is 5.82 Å². The van der Waals surface area contributed by atoms with E-state index in [4.69, 9.17) is 15.6 Å². The molecule has 0 atom stereocenters. The second kappa shape index (κ2) is 4.75. The van der Waals surface area contributed by atoms with E-state index < -0.39 is 11.8 Å². The van der Waals surface area contributed by atoms with Gasteiger partial charge in [0.05, 0.1) is 17.9 Å². The molecule has 0 fully saturated rings. The van der Waals surface area contributed by atoms with Gasteiger partial charge in [-0.1, -0.05) is 0 Å². The van der Waals surface area contributed by atoms with E-state index in [1.807, 2.05) is 0 Å². The lowest BCUT2D eigenvalue weighted by Gasteiger charge is -2.07. The highest BCUT2D eigenvalue weighted by molar-refractivity contribution is 5.88. The number of anilines is 1. The Labute approximate surface area is 86.5 Å². The number of hydrogen-bond acceptors (Lipinski definition) is 3. The van der Waals surface area contributed by atoms with Gasteiger partial charge in [0.25, 0.3) is 0 Å². The first kappa shape index (κ1) is 11.5. The zero-order valence-corrected chi connectivity index (χ0v) is 8.29. The van der Waals surface area contributed by atoms with E-state index in [0.29, 0.717) is 18.6 Å². The first-order valence-corrected chi connectivity index (χ1v) is 4.36. The van der Waals surface area contributed by atoms with Crippen molar-refractivity contribution in [2.75, 3.05) is 19.5 Å². The molecule has 0 amide bonds. The van der Waals surface area contributed by atoms with Gasteiger partial charge in [-0.15, -0.1) is 0 Å². The van der Waals surface area contributed by atoms with Gasteiger partial charge in [0, 0.05) is 7.11 Å². The number of nitrogen functional groups attached to an aromatic ring is 1. The summed E-state index contributed by atoms with van der Waals surface area (Å²) in [6.45, 7) is 0.368. The Kier molecular flexibility index (Phi) is 3.62. The highest BCUT2D eigenvalue weighted by Crippen LogP contribution is 2.19. The quantitative estimate of drug-likeness (QED) is 0.739. The molecule has 5 heteroatoms. The van der Waals surface area contributed by atoms with Crippen molar-refractivity contribution in [1.82, 2.24) is 0 Å². The summed E-state index contributed by atoms with van der Waals surface area (Å²) in [6, 6.07) is 2.27. The molecule has 82 valence electrons. The first-order chi connectivity index (χ1) is 7.06. The molecule has 1 aromatic rings. The Morgan fingerprint density at radius 2 is 2.27 bits per heavy atom. The molecule has 0 aromatic heterocycles. The van der Waals surface area contributed by atoms with Crippen molar-refractivity contribution in [3.05, 3.63) is 29.1 Å². The minimum atomic E-state index is -1.17. The van der Waals surface area contributed by atoms with Crippen LogP contribution in [0.4, 0.5) is 10.1 Å². The molecule has 0 saturated carbocycles. The Morgan fingerprint density at radius 3 is 2.80 bits per heavy atom. The third-order valence-corrected chi connectivity index (χ3v) is 2.04. The Morgan fingerprint density at radius 1 is 1.60 bits per heavy atom. The molecular formula is C10H12FNO3. The van der Waals surface area contributed by atoms with Gasteiger partial charge in [-0.3, -0.25) is 0 Å². The lowest BCUT2D eigenvalue weighted by atomic mass is 10.1. The number of ether oxygens (including phenoxy) is 1. The number of methoxy groups -OCH3 is 1. The largest absolute Gasteiger partial charge is 0.478 e. The number of carbonyl (C=O) groups is 1. The summed E-state index contributed by atoms with van der Waals surface area (Å²) in [5.74, 6) is -1.88. The van der Waals surface area contributed by atoms with Crippen LogP contribution < -0.4 is 5.73 Å². The zero-order valence-electron chi connectivity index (χ0n) is 8.29. The third kappa shape index (κ3) is 2.66. The van der Waals surface area contributed by atoms with Crippen LogP contribution in [0.15, 0.2) is 12.1 Å². The van der Waals surface area contributed by atoms with Crippen LogP contribution in [0.3, 0.4) is 0 Å². The molecule has 0 aliphatic heterocycles. The van der Waals surface area contributed by atoms with Crippen LogP contribution in [0, 0.1) is 5.82 Å². The summed E-state index contributed by atoms with van der Waals surface area (Å²) in [5.41, 5.74) is 5.80. The molecule has 0 radical (unpaired) electrons. The molecule has 1 rings (SSSR count). The summed E-state index contributed by atoms with van der Waals surface area (Å²) < 4.78 is 18.0. The fourth-order valence-electron chi connectivity index (χ4n) is 1.22. The van der Waals surface area contributed by atoms with Gasteiger partial charge in [-0.05, 0) is 24.1 Å². The Hall–Kier alpha value is -1.62. The average Bonchev–Trinajstić information content (AvgIpc) is 2.19. The summed E-state index contributed by atoms with van der Waals surface area (Å²) in [4.78, 5) is 10.7. The van der Waals surface area contributed by atoms with Crippen molar-refractivity contribution in [3.8, 4) is 0 Å². The predicted octanol–water partition coefficient (Wildman–Crippen LogP) is 1.30.